The molecular formula is C21H23N5. The van der Waals surface area contributed by atoms with Crippen LogP contribution in [0, 0.1) is 5.92 Å². The lowest BCUT2D eigenvalue weighted by molar-refractivity contribution is 0.392. The number of piperidine rings is 1. The van der Waals surface area contributed by atoms with Gasteiger partial charge in [0.1, 0.15) is 5.82 Å². The molecule has 0 spiro atoms. The first-order valence-corrected chi connectivity index (χ1v) is 9.19. The predicted molar refractivity (Wildman–Crippen MR) is 105 cm³/mol. The van der Waals surface area contributed by atoms with E-state index < -0.39 is 0 Å². The van der Waals surface area contributed by atoms with Crippen LogP contribution in [-0.4, -0.2) is 34.6 Å². The number of hydrogen-bond donors (Lipinski definition) is 2. The highest BCUT2D eigenvalue weighted by atomic mass is 15.0. The van der Waals surface area contributed by atoms with E-state index in [0.717, 1.165) is 48.2 Å². The van der Waals surface area contributed by atoms with E-state index in [1.54, 1.807) is 6.20 Å². The fourth-order valence-electron chi connectivity index (χ4n) is 3.25. The standard InChI is InChI=1S/C21H23N5/c1-2-8-17(9-3-1)21-25-19(18-10-4-5-12-23-18)13-20(26-21)24-15-16-7-6-11-22-14-16/h1-5,8-10,12-13,16,22H,6-7,11,14-15H2,(H,24,25,26). The average Bonchev–Trinajstić information content (AvgIpc) is 2.74. The number of rotatable bonds is 5. The van der Waals surface area contributed by atoms with Crippen molar-refractivity contribution in [3.8, 4) is 22.8 Å². The molecule has 0 saturated carbocycles. The summed E-state index contributed by atoms with van der Waals surface area (Å²) in [6.07, 6.45) is 4.29. The van der Waals surface area contributed by atoms with E-state index >= 15 is 0 Å². The number of nitrogens with zero attached hydrogens (tertiary/aromatic N) is 3. The molecule has 0 amide bonds. The average molecular weight is 345 g/mol. The van der Waals surface area contributed by atoms with Crippen LogP contribution in [0.1, 0.15) is 12.8 Å². The molecule has 1 unspecified atom stereocenters. The van der Waals surface area contributed by atoms with Crippen molar-refractivity contribution in [3.05, 3.63) is 60.8 Å². The summed E-state index contributed by atoms with van der Waals surface area (Å²) in [5.41, 5.74) is 2.70. The first-order valence-electron chi connectivity index (χ1n) is 9.19. The molecule has 5 heteroatoms. The van der Waals surface area contributed by atoms with Gasteiger partial charge in [0.2, 0.25) is 0 Å². The Bertz CT molecular complexity index is 772. The summed E-state index contributed by atoms with van der Waals surface area (Å²) in [6.45, 7) is 3.11. The SMILES string of the molecule is c1ccc(-c2nc(NCC3CCCNC3)cc(-c3ccccn3)n2)cc1. The van der Waals surface area contributed by atoms with Gasteiger partial charge in [-0.15, -0.1) is 0 Å². The quantitative estimate of drug-likeness (QED) is 0.739. The van der Waals surface area contributed by atoms with Crippen molar-refractivity contribution in [1.29, 1.82) is 0 Å². The summed E-state index contributed by atoms with van der Waals surface area (Å²) in [4.78, 5) is 13.9. The van der Waals surface area contributed by atoms with Gasteiger partial charge in [0.25, 0.3) is 0 Å². The van der Waals surface area contributed by atoms with Crippen molar-refractivity contribution in [3.63, 3.8) is 0 Å². The topological polar surface area (TPSA) is 62.7 Å². The molecule has 0 radical (unpaired) electrons. The molecule has 1 aliphatic heterocycles. The molecule has 26 heavy (non-hydrogen) atoms. The maximum atomic E-state index is 4.74. The Balaban J connectivity index is 1.64. The molecule has 1 aliphatic rings. The van der Waals surface area contributed by atoms with Crippen LogP contribution in [0.3, 0.4) is 0 Å². The van der Waals surface area contributed by atoms with E-state index in [1.807, 2.05) is 54.6 Å². The van der Waals surface area contributed by atoms with E-state index in [9.17, 15) is 0 Å². The molecular weight excluding hydrogens is 322 g/mol. The van der Waals surface area contributed by atoms with Crippen LogP contribution in [0.5, 0.6) is 0 Å². The fourth-order valence-corrected chi connectivity index (χ4v) is 3.25. The summed E-state index contributed by atoms with van der Waals surface area (Å²) in [5.74, 6) is 2.21. The van der Waals surface area contributed by atoms with Crippen LogP contribution in [0.4, 0.5) is 5.82 Å². The summed E-state index contributed by atoms with van der Waals surface area (Å²) < 4.78 is 0. The summed E-state index contributed by atoms with van der Waals surface area (Å²) in [7, 11) is 0. The zero-order valence-electron chi connectivity index (χ0n) is 14.7. The zero-order valence-corrected chi connectivity index (χ0v) is 14.7. The first kappa shape index (κ1) is 16.7. The number of pyridine rings is 1. The van der Waals surface area contributed by atoms with Gasteiger partial charge in [0, 0.05) is 24.4 Å². The van der Waals surface area contributed by atoms with Crippen molar-refractivity contribution in [2.24, 2.45) is 5.92 Å². The first-order chi connectivity index (χ1) is 12.9. The van der Waals surface area contributed by atoms with Crippen LogP contribution in [-0.2, 0) is 0 Å². The smallest absolute Gasteiger partial charge is 0.162 e. The van der Waals surface area contributed by atoms with Crippen LogP contribution >= 0.6 is 0 Å². The molecule has 132 valence electrons. The van der Waals surface area contributed by atoms with Crippen LogP contribution < -0.4 is 10.6 Å². The summed E-state index contributed by atoms with van der Waals surface area (Å²) in [6, 6.07) is 17.9. The Kier molecular flexibility index (Phi) is 5.17. The number of benzene rings is 1. The fraction of sp³-hybridized carbons (Fsp3) is 0.286. The third kappa shape index (κ3) is 4.06. The van der Waals surface area contributed by atoms with Gasteiger partial charge < -0.3 is 10.6 Å². The molecule has 3 heterocycles. The highest BCUT2D eigenvalue weighted by Gasteiger charge is 2.14. The Morgan fingerprint density at radius 1 is 1.00 bits per heavy atom. The van der Waals surface area contributed by atoms with Gasteiger partial charge in [-0.2, -0.15) is 0 Å². The maximum absolute atomic E-state index is 4.74. The van der Waals surface area contributed by atoms with Gasteiger partial charge in [0.05, 0.1) is 11.4 Å². The molecule has 1 atom stereocenters. The molecule has 1 fully saturated rings. The minimum absolute atomic E-state index is 0.636. The maximum Gasteiger partial charge on any atom is 0.162 e. The monoisotopic (exact) mass is 345 g/mol. The Labute approximate surface area is 153 Å². The van der Waals surface area contributed by atoms with E-state index in [-0.39, 0.29) is 0 Å². The number of aromatic nitrogens is 3. The Morgan fingerprint density at radius 3 is 2.65 bits per heavy atom. The third-order valence-electron chi connectivity index (χ3n) is 4.66. The second-order valence-corrected chi connectivity index (χ2v) is 6.64. The molecule has 5 nitrogen and oxygen atoms in total. The van der Waals surface area contributed by atoms with Gasteiger partial charge in [-0.05, 0) is 44.0 Å². The number of anilines is 1. The van der Waals surface area contributed by atoms with Gasteiger partial charge in [0.15, 0.2) is 5.82 Å². The summed E-state index contributed by atoms with van der Waals surface area (Å²) in [5, 5.41) is 6.98. The van der Waals surface area contributed by atoms with Crippen molar-refractivity contribution in [1.82, 2.24) is 20.3 Å². The molecule has 0 aliphatic carbocycles. The lowest BCUT2D eigenvalue weighted by Crippen LogP contribution is -2.33. The van der Waals surface area contributed by atoms with E-state index in [2.05, 4.69) is 15.6 Å². The lowest BCUT2D eigenvalue weighted by atomic mass is 10.00. The predicted octanol–water partition coefficient (Wildman–Crippen LogP) is 3.62. The minimum atomic E-state index is 0.636. The highest BCUT2D eigenvalue weighted by molar-refractivity contribution is 5.65. The Hall–Kier alpha value is -2.79. The summed E-state index contributed by atoms with van der Waals surface area (Å²) >= 11 is 0. The molecule has 1 aromatic carbocycles. The normalized spacial score (nSPS) is 17.0. The zero-order chi connectivity index (χ0) is 17.6. The minimum Gasteiger partial charge on any atom is -0.370 e. The number of nitrogens with one attached hydrogen (secondary N) is 2. The van der Waals surface area contributed by atoms with Crippen molar-refractivity contribution >= 4 is 5.82 Å². The number of hydrogen-bond acceptors (Lipinski definition) is 5. The second-order valence-electron chi connectivity index (χ2n) is 6.64. The molecule has 4 rings (SSSR count). The Morgan fingerprint density at radius 2 is 1.88 bits per heavy atom. The van der Waals surface area contributed by atoms with Crippen molar-refractivity contribution in [2.45, 2.75) is 12.8 Å². The molecule has 0 bridgehead atoms. The second kappa shape index (κ2) is 8.06. The van der Waals surface area contributed by atoms with Crippen molar-refractivity contribution in [2.75, 3.05) is 25.0 Å². The largest absolute Gasteiger partial charge is 0.370 e. The third-order valence-corrected chi connectivity index (χ3v) is 4.66. The van der Waals surface area contributed by atoms with E-state index in [0.29, 0.717) is 5.92 Å². The molecule has 3 aromatic rings. The highest BCUT2D eigenvalue weighted by Crippen LogP contribution is 2.23. The van der Waals surface area contributed by atoms with E-state index in [4.69, 9.17) is 9.97 Å². The van der Waals surface area contributed by atoms with Crippen LogP contribution in [0.15, 0.2) is 60.8 Å². The van der Waals surface area contributed by atoms with Crippen molar-refractivity contribution < 1.29 is 0 Å². The van der Waals surface area contributed by atoms with Crippen LogP contribution in [0.25, 0.3) is 22.8 Å². The lowest BCUT2D eigenvalue weighted by Gasteiger charge is -2.23. The van der Waals surface area contributed by atoms with Gasteiger partial charge >= 0.3 is 0 Å². The van der Waals surface area contributed by atoms with Gasteiger partial charge in [-0.3, -0.25) is 4.98 Å². The van der Waals surface area contributed by atoms with Crippen LogP contribution in [0.2, 0.25) is 0 Å². The molecule has 1 saturated heterocycles. The van der Waals surface area contributed by atoms with Gasteiger partial charge in [-0.1, -0.05) is 36.4 Å². The molecule has 2 aromatic heterocycles. The molecule has 2 N–H and O–H groups in total. The van der Waals surface area contributed by atoms with E-state index in [1.165, 1.54) is 12.8 Å². The van der Waals surface area contributed by atoms with Gasteiger partial charge in [-0.25, -0.2) is 9.97 Å².